The highest BCUT2D eigenvalue weighted by molar-refractivity contribution is 8.00. The molecule has 0 bridgehead atoms. The van der Waals surface area contributed by atoms with Crippen molar-refractivity contribution in [2.24, 2.45) is 7.05 Å². The van der Waals surface area contributed by atoms with E-state index in [9.17, 15) is 4.79 Å². The quantitative estimate of drug-likeness (QED) is 0.713. The maximum atomic E-state index is 12.5. The van der Waals surface area contributed by atoms with Gasteiger partial charge in [0.1, 0.15) is 0 Å². The van der Waals surface area contributed by atoms with E-state index >= 15 is 0 Å². The van der Waals surface area contributed by atoms with E-state index in [2.05, 4.69) is 20.5 Å². The van der Waals surface area contributed by atoms with E-state index in [1.165, 1.54) is 11.8 Å². The Morgan fingerprint density at radius 2 is 1.88 bits per heavy atom. The van der Waals surface area contributed by atoms with Gasteiger partial charge in [-0.1, -0.05) is 30.0 Å². The summed E-state index contributed by atoms with van der Waals surface area (Å²) in [7, 11) is 1.89. The first-order chi connectivity index (χ1) is 12.1. The maximum Gasteiger partial charge on any atom is 0.237 e. The lowest BCUT2D eigenvalue weighted by Gasteiger charge is -2.13. The number of nitrogens with one attached hydrogen (secondary N) is 1. The molecule has 1 aromatic carbocycles. The first-order valence-corrected chi connectivity index (χ1v) is 8.77. The summed E-state index contributed by atoms with van der Waals surface area (Å²) in [4.78, 5) is 16.5. The van der Waals surface area contributed by atoms with Gasteiger partial charge in [-0.05, 0) is 37.6 Å². The average molecular weight is 353 g/mol. The largest absolute Gasteiger partial charge is 0.325 e. The third-order valence-electron chi connectivity index (χ3n) is 3.83. The molecule has 1 amide bonds. The van der Waals surface area contributed by atoms with Crippen LogP contribution in [0.25, 0.3) is 11.4 Å². The summed E-state index contributed by atoms with van der Waals surface area (Å²) >= 11 is 1.38. The molecular formula is C18H19N5OS. The lowest BCUT2D eigenvalue weighted by Crippen LogP contribution is -2.23. The van der Waals surface area contributed by atoms with Crippen LogP contribution in [0.3, 0.4) is 0 Å². The summed E-state index contributed by atoms with van der Waals surface area (Å²) in [6.45, 7) is 3.83. The van der Waals surface area contributed by atoms with Crippen molar-refractivity contribution in [2.45, 2.75) is 24.3 Å². The van der Waals surface area contributed by atoms with Crippen LogP contribution in [0.4, 0.5) is 5.69 Å². The highest BCUT2D eigenvalue weighted by Gasteiger charge is 2.19. The number of amides is 1. The molecule has 0 unspecified atom stereocenters. The molecule has 0 aliphatic rings. The molecule has 0 saturated heterocycles. The summed E-state index contributed by atoms with van der Waals surface area (Å²) in [5.74, 6) is 0.684. The van der Waals surface area contributed by atoms with Crippen LogP contribution >= 0.6 is 11.8 Å². The second-order valence-corrected chi connectivity index (χ2v) is 6.97. The number of carbonyl (C=O) groups excluding carboxylic acids is 1. The van der Waals surface area contributed by atoms with Gasteiger partial charge in [0.05, 0.1) is 5.25 Å². The number of hydrogen-bond donors (Lipinski definition) is 1. The Labute approximate surface area is 150 Å². The molecule has 7 heteroatoms. The molecule has 1 atom stereocenters. The highest BCUT2D eigenvalue weighted by atomic mass is 32.2. The van der Waals surface area contributed by atoms with E-state index < -0.39 is 0 Å². The van der Waals surface area contributed by atoms with Crippen molar-refractivity contribution >= 4 is 23.4 Å². The number of hydrogen-bond acceptors (Lipinski definition) is 5. The van der Waals surface area contributed by atoms with Crippen molar-refractivity contribution < 1.29 is 4.79 Å². The molecule has 25 heavy (non-hydrogen) atoms. The maximum absolute atomic E-state index is 12.5. The normalized spacial score (nSPS) is 12.0. The molecule has 0 radical (unpaired) electrons. The number of thioether (sulfide) groups is 1. The van der Waals surface area contributed by atoms with Gasteiger partial charge in [-0.15, -0.1) is 10.2 Å². The fourth-order valence-electron chi connectivity index (χ4n) is 2.33. The van der Waals surface area contributed by atoms with Crippen molar-refractivity contribution in [2.75, 3.05) is 5.32 Å². The Morgan fingerprint density at radius 3 is 2.60 bits per heavy atom. The fourth-order valence-corrected chi connectivity index (χ4v) is 3.14. The Kier molecular flexibility index (Phi) is 5.14. The smallest absolute Gasteiger partial charge is 0.237 e. The SMILES string of the molecule is Cc1ccccc1NC(=O)[C@H](C)Sc1nnc(-c2ccncc2)n1C. The molecule has 0 spiro atoms. The van der Waals surface area contributed by atoms with Crippen LogP contribution in [-0.4, -0.2) is 30.9 Å². The van der Waals surface area contributed by atoms with Gasteiger partial charge in [0.15, 0.2) is 11.0 Å². The number of anilines is 1. The number of carbonyl (C=O) groups is 1. The van der Waals surface area contributed by atoms with Gasteiger partial charge in [-0.2, -0.15) is 0 Å². The minimum atomic E-state index is -0.298. The second kappa shape index (κ2) is 7.48. The molecule has 3 aromatic rings. The standard InChI is InChI=1S/C18H19N5OS/c1-12-6-4-5-7-15(12)20-17(24)13(2)25-18-22-21-16(23(18)3)14-8-10-19-11-9-14/h4-11,13H,1-3H3,(H,20,24)/t13-/m0/s1. The fraction of sp³-hybridized carbons (Fsp3) is 0.222. The van der Waals surface area contributed by atoms with Gasteiger partial charge in [-0.25, -0.2) is 0 Å². The highest BCUT2D eigenvalue weighted by Crippen LogP contribution is 2.26. The average Bonchev–Trinajstić information content (AvgIpc) is 2.98. The summed E-state index contributed by atoms with van der Waals surface area (Å²) in [6, 6.07) is 11.5. The molecule has 0 aliphatic heterocycles. The van der Waals surface area contributed by atoms with Crippen LogP contribution in [0.5, 0.6) is 0 Å². The van der Waals surface area contributed by atoms with Crippen molar-refractivity contribution in [3.8, 4) is 11.4 Å². The number of aromatic nitrogens is 4. The Balaban J connectivity index is 1.71. The van der Waals surface area contributed by atoms with E-state index in [0.29, 0.717) is 5.16 Å². The van der Waals surface area contributed by atoms with Gasteiger partial charge in [0.25, 0.3) is 0 Å². The Morgan fingerprint density at radius 1 is 1.16 bits per heavy atom. The number of rotatable bonds is 5. The van der Waals surface area contributed by atoms with Crippen LogP contribution in [0.2, 0.25) is 0 Å². The van der Waals surface area contributed by atoms with E-state index in [0.717, 1.165) is 22.6 Å². The molecular weight excluding hydrogens is 334 g/mol. The van der Waals surface area contributed by atoms with Crippen molar-refractivity contribution in [1.82, 2.24) is 19.7 Å². The number of aryl methyl sites for hydroxylation is 1. The van der Waals surface area contributed by atoms with Crippen molar-refractivity contribution in [1.29, 1.82) is 0 Å². The molecule has 0 aliphatic carbocycles. The molecule has 6 nitrogen and oxygen atoms in total. The summed E-state index contributed by atoms with van der Waals surface area (Å²) in [5.41, 5.74) is 2.80. The zero-order valence-electron chi connectivity index (χ0n) is 14.3. The summed E-state index contributed by atoms with van der Waals surface area (Å²) in [5, 5.41) is 11.8. The minimum absolute atomic E-state index is 0.0623. The van der Waals surface area contributed by atoms with Crippen molar-refractivity contribution in [3.63, 3.8) is 0 Å². The Bertz CT molecular complexity index is 878. The number of para-hydroxylation sites is 1. The number of benzene rings is 1. The van der Waals surface area contributed by atoms with E-state index in [1.54, 1.807) is 12.4 Å². The molecule has 2 aromatic heterocycles. The third-order valence-corrected chi connectivity index (χ3v) is 4.96. The van der Waals surface area contributed by atoms with E-state index in [4.69, 9.17) is 0 Å². The van der Waals surface area contributed by atoms with Crippen LogP contribution < -0.4 is 5.32 Å². The van der Waals surface area contributed by atoms with Gasteiger partial charge >= 0.3 is 0 Å². The van der Waals surface area contributed by atoms with E-state index in [1.807, 2.05) is 61.9 Å². The van der Waals surface area contributed by atoms with Gasteiger partial charge in [0, 0.05) is 30.7 Å². The van der Waals surface area contributed by atoms with E-state index in [-0.39, 0.29) is 11.2 Å². The van der Waals surface area contributed by atoms with Crippen molar-refractivity contribution in [3.05, 3.63) is 54.4 Å². The lowest BCUT2D eigenvalue weighted by atomic mass is 10.2. The minimum Gasteiger partial charge on any atom is -0.325 e. The summed E-state index contributed by atoms with van der Waals surface area (Å²) in [6.07, 6.45) is 3.43. The number of pyridine rings is 1. The second-order valence-electron chi connectivity index (χ2n) is 5.67. The predicted molar refractivity (Wildman–Crippen MR) is 99.4 cm³/mol. The topological polar surface area (TPSA) is 72.7 Å². The molecule has 0 fully saturated rings. The zero-order valence-corrected chi connectivity index (χ0v) is 15.1. The van der Waals surface area contributed by atoms with Gasteiger partial charge in [0.2, 0.25) is 5.91 Å². The third kappa shape index (κ3) is 3.88. The molecule has 2 heterocycles. The van der Waals surface area contributed by atoms with Gasteiger partial charge in [-0.3, -0.25) is 9.78 Å². The number of nitrogens with zero attached hydrogens (tertiary/aromatic N) is 4. The monoisotopic (exact) mass is 353 g/mol. The molecule has 1 N–H and O–H groups in total. The Hall–Kier alpha value is -2.67. The van der Waals surface area contributed by atoms with Crippen LogP contribution in [0.15, 0.2) is 53.9 Å². The van der Waals surface area contributed by atoms with Crippen LogP contribution in [0, 0.1) is 6.92 Å². The van der Waals surface area contributed by atoms with Crippen LogP contribution in [0.1, 0.15) is 12.5 Å². The molecule has 3 rings (SSSR count). The first-order valence-electron chi connectivity index (χ1n) is 7.89. The molecule has 128 valence electrons. The zero-order chi connectivity index (χ0) is 17.8. The molecule has 0 saturated carbocycles. The predicted octanol–water partition coefficient (Wildman–Crippen LogP) is 3.30. The summed E-state index contributed by atoms with van der Waals surface area (Å²) < 4.78 is 1.89. The van der Waals surface area contributed by atoms with Gasteiger partial charge < -0.3 is 9.88 Å². The van der Waals surface area contributed by atoms with Crippen LogP contribution in [-0.2, 0) is 11.8 Å². The first kappa shape index (κ1) is 17.2. The lowest BCUT2D eigenvalue weighted by molar-refractivity contribution is -0.115.